The number of rotatable bonds is 6. The number of primary amides is 1. The number of hydrogen-bond donors (Lipinski definition) is 2. The average molecular weight is 292 g/mol. The number of amides is 1. The maximum atomic E-state index is 11.3. The lowest BCUT2D eigenvalue weighted by molar-refractivity contribution is -0.142. The van der Waals surface area contributed by atoms with Gasteiger partial charge in [0.1, 0.15) is 5.92 Å². The SMILES string of the molecule is CCCN(c1ccc(C(N)=O)cc1)C1COCC1C(=O)O. The molecule has 2 unspecified atom stereocenters. The molecular weight excluding hydrogens is 272 g/mol. The number of benzene rings is 1. The standard InChI is InChI=1S/C15H20N2O4/c1-2-7-17(13-9-21-8-12(13)15(19)20)11-5-3-10(4-6-11)14(16)18/h3-6,12-13H,2,7-9H2,1H3,(H2,16,18)(H,19,20). The van der Waals surface area contributed by atoms with Crippen molar-refractivity contribution < 1.29 is 19.4 Å². The van der Waals surface area contributed by atoms with Crippen LogP contribution in [0.1, 0.15) is 23.7 Å². The zero-order chi connectivity index (χ0) is 15.4. The lowest BCUT2D eigenvalue weighted by Crippen LogP contribution is -2.43. The summed E-state index contributed by atoms with van der Waals surface area (Å²) in [5, 5.41) is 9.30. The van der Waals surface area contributed by atoms with E-state index in [0.29, 0.717) is 12.2 Å². The largest absolute Gasteiger partial charge is 0.481 e. The minimum Gasteiger partial charge on any atom is -0.481 e. The van der Waals surface area contributed by atoms with Crippen LogP contribution in [-0.2, 0) is 9.53 Å². The first-order valence-electron chi connectivity index (χ1n) is 7.01. The number of nitrogens with zero attached hydrogens (tertiary/aromatic N) is 1. The Morgan fingerprint density at radius 3 is 2.52 bits per heavy atom. The predicted octanol–water partition coefficient (Wildman–Crippen LogP) is 1.10. The van der Waals surface area contributed by atoms with Gasteiger partial charge in [-0.2, -0.15) is 0 Å². The van der Waals surface area contributed by atoms with Crippen molar-refractivity contribution >= 4 is 17.6 Å². The van der Waals surface area contributed by atoms with Crippen molar-refractivity contribution in [3.63, 3.8) is 0 Å². The van der Waals surface area contributed by atoms with Crippen molar-refractivity contribution in [1.82, 2.24) is 0 Å². The maximum absolute atomic E-state index is 11.3. The number of carbonyl (C=O) groups is 2. The van der Waals surface area contributed by atoms with Gasteiger partial charge in [-0.3, -0.25) is 9.59 Å². The quantitative estimate of drug-likeness (QED) is 0.819. The summed E-state index contributed by atoms with van der Waals surface area (Å²) >= 11 is 0. The zero-order valence-electron chi connectivity index (χ0n) is 12.0. The normalized spacial score (nSPS) is 21.2. The Kier molecular flexibility index (Phi) is 4.80. The van der Waals surface area contributed by atoms with E-state index in [9.17, 15) is 14.7 Å². The molecule has 1 aliphatic rings. The van der Waals surface area contributed by atoms with Gasteiger partial charge in [0.15, 0.2) is 0 Å². The molecule has 1 aliphatic heterocycles. The summed E-state index contributed by atoms with van der Waals surface area (Å²) in [6.45, 7) is 3.40. The third-order valence-electron chi connectivity index (χ3n) is 3.72. The number of ether oxygens (including phenoxy) is 1. The fourth-order valence-electron chi connectivity index (χ4n) is 2.63. The molecule has 2 atom stereocenters. The molecule has 0 aromatic heterocycles. The van der Waals surface area contributed by atoms with Crippen molar-refractivity contribution in [2.24, 2.45) is 11.7 Å². The summed E-state index contributed by atoms with van der Waals surface area (Å²) in [5.74, 6) is -1.85. The Balaban J connectivity index is 2.25. The van der Waals surface area contributed by atoms with Crippen LogP contribution in [0.2, 0.25) is 0 Å². The molecule has 1 aromatic carbocycles. The Labute approximate surface area is 123 Å². The topological polar surface area (TPSA) is 92.9 Å². The van der Waals surface area contributed by atoms with Crippen molar-refractivity contribution in [2.45, 2.75) is 19.4 Å². The van der Waals surface area contributed by atoms with Gasteiger partial charge in [0.2, 0.25) is 5.91 Å². The van der Waals surface area contributed by atoms with Crippen LogP contribution in [0.5, 0.6) is 0 Å². The monoisotopic (exact) mass is 292 g/mol. The highest BCUT2D eigenvalue weighted by molar-refractivity contribution is 5.93. The second kappa shape index (κ2) is 6.58. The second-order valence-electron chi connectivity index (χ2n) is 5.15. The van der Waals surface area contributed by atoms with Crippen LogP contribution in [0.25, 0.3) is 0 Å². The van der Waals surface area contributed by atoms with Gasteiger partial charge in [0.05, 0.1) is 19.3 Å². The van der Waals surface area contributed by atoms with Crippen LogP contribution in [0.4, 0.5) is 5.69 Å². The number of aliphatic carboxylic acids is 1. The number of anilines is 1. The summed E-state index contributed by atoms with van der Waals surface area (Å²) in [6, 6.07) is 6.72. The molecule has 1 fully saturated rings. The average Bonchev–Trinajstić information content (AvgIpc) is 2.94. The van der Waals surface area contributed by atoms with Crippen LogP contribution in [0.15, 0.2) is 24.3 Å². The van der Waals surface area contributed by atoms with Crippen LogP contribution in [0, 0.1) is 5.92 Å². The highest BCUT2D eigenvalue weighted by Crippen LogP contribution is 2.26. The van der Waals surface area contributed by atoms with Gasteiger partial charge in [0.25, 0.3) is 0 Å². The lowest BCUT2D eigenvalue weighted by atomic mass is 10.0. The Hall–Kier alpha value is -2.08. The Morgan fingerprint density at radius 2 is 2.00 bits per heavy atom. The van der Waals surface area contributed by atoms with E-state index in [2.05, 4.69) is 0 Å². The summed E-state index contributed by atoms with van der Waals surface area (Å²) in [7, 11) is 0. The molecule has 0 saturated carbocycles. The molecule has 1 amide bonds. The van der Waals surface area contributed by atoms with Gasteiger partial charge in [-0.05, 0) is 30.7 Å². The molecule has 1 saturated heterocycles. The minimum atomic E-state index is -0.840. The van der Waals surface area contributed by atoms with Gasteiger partial charge in [-0.25, -0.2) is 0 Å². The first-order chi connectivity index (χ1) is 10.0. The molecule has 3 N–H and O–H groups in total. The van der Waals surface area contributed by atoms with Crippen LogP contribution in [-0.4, -0.2) is 42.8 Å². The Bertz CT molecular complexity index is 515. The first-order valence-corrected chi connectivity index (χ1v) is 7.01. The molecule has 0 radical (unpaired) electrons. The molecule has 6 heteroatoms. The van der Waals surface area contributed by atoms with Gasteiger partial charge < -0.3 is 20.5 Å². The van der Waals surface area contributed by atoms with Crippen LogP contribution < -0.4 is 10.6 Å². The van der Waals surface area contributed by atoms with E-state index in [4.69, 9.17) is 10.5 Å². The van der Waals surface area contributed by atoms with E-state index in [1.165, 1.54) is 0 Å². The molecule has 114 valence electrons. The molecule has 21 heavy (non-hydrogen) atoms. The van der Waals surface area contributed by atoms with Crippen LogP contribution >= 0.6 is 0 Å². The summed E-state index contributed by atoms with van der Waals surface area (Å²) in [5.41, 5.74) is 6.55. The van der Waals surface area contributed by atoms with E-state index < -0.39 is 17.8 Å². The van der Waals surface area contributed by atoms with Gasteiger partial charge >= 0.3 is 5.97 Å². The van der Waals surface area contributed by atoms with Crippen molar-refractivity contribution in [3.8, 4) is 0 Å². The second-order valence-corrected chi connectivity index (χ2v) is 5.15. The van der Waals surface area contributed by atoms with Crippen molar-refractivity contribution in [3.05, 3.63) is 29.8 Å². The van der Waals surface area contributed by atoms with E-state index in [0.717, 1.165) is 18.7 Å². The Morgan fingerprint density at radius 1 is 1.33 bits per heavy atom. The van der Waals surface area contributed by atoms with Crippen LogP contribution in [0.3, 0.4) is 0 Å². The predicted molar refractivity (Wildman–Crippen MR) is 78.3 cm³/mol. The first kappa shape index (κ1) is 15.3. The van der Waals surface area contributed by atoms with E-state index in [1.54, 1.807) is 24.3 Å². The molecule has 0 aliphatic carbocycles. The van der Waals surface area contributed by atoms with E-state index >= 15 is 0 Å². The number of carboxylic acids is 1. The molecule has 0 bridgehead atoms. The molecule has 1 heterocycles. The summed E-state index contributed by atoms with van der Waals surface area (Å²) in [4.78, 5) is 24.5. The summed E-state index contributed by atoms with van der Waals surface area (Å²) < 4.78 is 5.35. The van der Waals surface area contributed by atoms with Crippen molar-refractivity contribution in [2.75, 3.05) is 24.7 Å². The van der Waals surface area contributed by atoms with Gasteiger partial charge in [0, 0.05) is 17.8 Å². The van der Waals surface area contributed by atoms with Gasteiger partial charge in [-0.15, -0.1) is 0 Å². The highest BCUT2D eigenvalue weighted by atomic mass is 16.5. The van der Waals surface area contributed by atoms with Crippen molar-refractivity contribution in [1.29, 1.82) is 0 Å². The zero-order valence-corrected chi connectivity index (χ0v) is 12.0. The fourth-order valence-corrected chi connectivity index (χ4v) is 2.63. The molecule has 1 aromatic rings. The minimum absolute atomic E-state index is 0.193. The number of carbonyl (C=O) groups excluding carboxylic acids is 1. The summed E-state index contributed by atoms with van der Waals surface area (Å²) in [6.07, 6.45) is 0.889. The molecule has 6 nitrogen and oxygen atoms in total. The fraction of sp³-hybridized carbons (Fsp3) is 0.467. The molecule has 2 rings (SSSR count). The maximum Gasteiger partial charge on any atom is 0.311 e. The number of carboxylic acid groups (broad SMARTS) is 1. The van der Waals surface area contributed by atoms with Gasteiger partial charge in [-0.1, -0.05) is 6.92 Å². The van der Waals surface area contributed by atoms with E-state index in [-0.39, 0.29) is 12.6 Å². The molecular formula is C15H20N2O4. The smallest absolute Gasteiger partial charge is 0.311 e. The lowest BCUT2D eigenvalue weighted by Gasteiger charge is -2.32. The highest BCUT2D eigenvalue weighted by Gasteiger charge is 2.37. The molecule has 0 spiro atoms. The third-order valence-corrected chi connectivity index (χ3v) is 3.72. The third kappa shape index (κ3) is 3.33. The number of nitrogens with two attached hydrogens (primary N) is 1. The number of hydrogen-bond acceptors (Lipinski definition) is 4. The van der Waals surface area contributed by atoms with E-state index in [1.807, 2.05) is 11.8 Å².